The number of nitrogens with two attached hydrogens (primary N) is 1. The van der Waals surface area contributed by atoms with Crippen molar-refractivity contribution in [3.05, 3.63) is 60.1 Å². The number of carbonyl (C=O) groups excluding carboxylic acids is 1. The SMILES string of the molecule is COc1ncnc(C2CC2)c1-c1ncc2cnn(Cc3ccc(-c4nc(C(F)(F)F)cn4CC(=O)OC(C)(C)C)c(N)c3)c2n1. The van der Waals surface area contributed by atoms with Crippen LogP contribution in [0.25, 0.3) is 33.8 Å². The number of nitrogen functional groups attached to an aromatic ring is 1. The van der Waals surface area contributed by atoms with Gasteiger partial charge in [-0.15, -0.1) is 0 Å². The second kappa shape index (κ2) is 11.1. The summed E-state index contributed by atoms with van der Waals surface area (Å²) in [4.78, 5) is 34.3. The predicted octanol–water partition coefficient (Wildman–Crippen LogP) is 5.02. The summed E-state index contributed by atoms with van der Waals surface area (Å²) >= 11 is 0. The molecule has 45 heavy (non-hydrogen) atoms. The van der Waals surface area contributed by atoms with Gasteiger partial charge in [-0.1, -0.05) is 6.07 Å². The van der Waals surface area contributed by atoms with Crippen molar-refractivity contribution in [3.63, 3.8) is 0 Å². The number of halogens is 3. The van der Waals surface area contributed by atoms with Gasteiger partial charge in [0.1, 0.15) is 29.9 Å². The van der Waals surface area contributed by atoms with Crippen molar-refractivity contribution in [2.75, 3.05) is 12.8 Å². The van der Waals surface area contributed by atoms with Gasteiger partial charge < -0.3 is 19.8 Å². The van der Waals surface area contributed by atoms with Crippen LogP contribution in [0.3, 0.4) is 0 Å². The van der Waals surface area contributed by atoms with Gasteiger partial charge >= 0.3 is 12.1 Å². The highest BCUT2D eigenvalue weighted by Gasteiger charge is 2.36. The third-order valence-electron chi connectivity index (χ3n) is 7.08. The lowest BCUT2D eigenvalue weighted by Crippen LogP contribution is -2.26. The van der Waals surface area contributed by atoms with Crippen molar-refractivity contribution in [2.24, 2.45) is 0 Å². The van der Waals surface area contributed by atoms with Crippen molar-refractivity contribution >= 4 is 22.7 Å². The number of rotatable bonds is 8. The average Bonchev–Trinajstić information content (AvgIpc) is 3.62. The zero-order chi connectivity index (χ0) is 32.1. The Morgan fingerprint density at radius 1 is 1.09 bits per heavy atom. The quantitative estimate of drug-likeness (QED) is 0.185. The van der Waals surface area contributed by atoms with E-state index in [1.807, 2.05) is 0 Å². The summed E-state index contributed by atoms with van der Waals surface area (Å²) in [6.45, 7) is 4.79. The lowest BCUT2D eigenvalue weighted by Gasteiger charge is -2.20. The molecule has 0 aliphatic heterocycles. The molecule has 0 radical (unpaired) electrons. The molecule has 1 aliphatic carbocycles. The van der Waals surface area contributed by atoms with E-state index in [1.54, 1.807) is 56.0 Å². The molecule has 4 aromatic heterocycles. The predicted molar refractivity (Wildman–Crippen MR) is 157 cm³/mol. The van der Waals surface area contributed by atoms with Crippen LogP contribution in [0.4, 0.5) is 18.9 Å². The zero-order valence-corrected chi connectivity index (χ0v) is 25.0. The smallest absolute Gasteiger partial charge is 0.434 e. The van der Waals surface area contributed by atoms with Gasteiger partial charge in [-0.2, -0.15) is 18.3 Å². The van der Waals surface area contributed by atoms with E-state index in [4.69, 9.17) is 20.2 Å². The summed E-state index contributed by atoms with van der Waals surface area (Å²) in [6.07, 6.45) is 2.88. The molecule has 5 aromatic rings. The number of alkyl halides is 3. The highest BCUT2D eigenvalue weighted by atomic mass is 19.4. The maximum Gasteiger partial charge on any atom is 0.434 e. The lowest BCUT2D eigenvalue weighted by molar-refractivity contribution is -0.155. The van der Waals surface area contributed by atoms with Gasteiger partial charge in [0.05, 0.1) is 30.9 Å². The first kappa shape index (κ1) is 30.0. The number of fused-ring (bicyclic) bond motifs is 1. The monoisotopic (exact) mass is 621 g/mol. The van der Waals surface area contributed by atoms with Gasteiger partial charge in [-0.25, -0.2) is 29.6 Å². The molecule has 0 bridgehead atoms. The Kier molecular flexibility index (Phi) is 7.41. The van der Waals surface area contributed by atoms with Crippen molar-refractivity contribution in [2.45, 2.75) is 64.4 Å². The first-order valence-electron chi connectivity index (χ1n) is 14.1. The second-order valence-electron chi connectivity index (χ2n) is 11.8. The lowest BCUT2D eigenvalue weighted by atomic mass is 10.1. The van der Waals surface area contributed by atoms with E-state index in [2.05, 4.69) is 25.0 Å². The number of aromatic nitrogens is 8. The summed E-state index contributed by atoms with van der Waals surface area (Å²) in [5, 5.41) is 5.18. The minimum Gasteiger partial charge on any atom is -0.480 e. The molecule has 0 saturated heterocycles. The Hall–Kier alpha value is -5.08. The third-order valence-corrected chi connectivity index (χ3v) is 7.08. The number of anilines is 1. The number of nitrogens with zero attached hydrogens (tertiary/aromatic N) is 8. The minimum atomic E-state index is -4.72. The van der Waals surface area contributed by atoms with Gasteiger partial charge in [-0.05, 0) is 51.3 Å². The Morgan fingerprint density at radius 2 is 1.87 bits per heavy atom. The molecule has 6 rings (SSSR count). The highest BCUT2D eigenvalue weighted by molar-refractivity contribution is 5.78. The van der Waals surface area contributed by atoms with Crippen LogP contribution in [0.15, 0.2) is 43.1 Å². The number of methoxy groups -OCH3 is 1. The van der Waals surface area contributed by atoms with E-state index in [0.29, 0.717) is 39.8 Å². The van der Waals surface area contributed by atoms with Crippen molar-refractivity contribution in [1.82, 2.24) is 39.3 Å². The van der Waals surface area contributed by atoms with E-state index in [0.717, 1.165) is 29.3 Å². The van der Waals surface area contributed by atoms with Crippen LogP contribution in [-0.4, -0.2) is 57.9 Å². The number of imidazole rings is 1. The van der Waals surface area contributed by atoms with E-state index < -0.39 is 30.0 Å². The van der Waals surface area contributed by atoms with E-state index in [9.17, 15) is 18.0 Å². The standard InChI is InChI=1S/C30H30F3N9O3/c1-29(2,3)45-22(43)14-41-13-21(30(31,32)33)39-27(41)19-8-5-16(9-20(19)34)12-42-26-18(11-38-42)10-35-25(40-26)23-24(17-6-7-17)36-15-37-28(23)44-4/h5,8-11,13,15,17H,6-7,12,14,34H2,1-4H3. The summed E-state index contributed by atoms with van der Waals surface area (Å²) in [5.41, 5.74) is 7.56. The molecular formula is C30H30F3N9O3. The molecule has 0 atom stereocenters. The van der Waals surface area contributed by atoms with Crippen LogP contribution < -0.4 is 10.5 Å². The van der Waals surface area contributed by atoms with Gasteiger partial charge in [0.15, 0.2) is 17.2 Å². The topological polar surface area (TPSA) is 149 Å². The molecule has 0 spiro atoms. The molecule has 2 N–H and O–H groups in total. The van der Waals surface area contributed by atoms with Crippen LogP contribution in [0, 0.1) is 0 Å². The third kappa shape index (κ3) is 6.28. The summed E-state index contributed by atoms with van der Waals surface area (Å²) in [5.74, 6) is 0.287. The Bertz CT molecular complexity index is 1910. The fourth-order valence-corrected chi connectivity index (χ4v) is 5.00. The van der Waals surface area contributed by atoms with Crippen LogP contribution >= 0.6 is 0 Å². The average molecular weight is 622 g/mol. The molecular weight excluding hydrogens is 591 g/mol. The van der Waals surface area contributed by atoms with Crippen molar-refractivity contribution in [3.8, 4) is 28.7 Å². The molecule has 1 saturated carbocycles. The minimum absolute atomic E-state index is 0.107. The Morgan fingerprint density at radius 3 is 2.53 bits per heavy atom. The number of hydrogen-bond donors (Lipinski definition) is 1. The van der Waals surface area contributed by atoms with E-state index in [1.165, 1.54) is 13.4 Å². The molecule has 0 amide bonds. The zero-order valence-electron chi connectivity index (χ0n) is 25.0. The molecule has 15 heteroatoms. The van der Waals surface area contributed by atoms with Crippen LogP contribution in [0.1, 0.15) is 56.5 Å². The number of esters is 1. The van der Waals surface area contributed by atoms with E-state index >= 15 is 0 Å². The molecule has 1 aliphatic rings. The van der Waals surface area contributed by atoms with Crippen molar-refractivity contribution in [1.29, 1.82) is 0 Å². The maximum atomic E-state index is 13.6. The fourth-order valence-electron chi connectivity index (χ4n) is 5.00. The molecule has 12 nitrogen and oxygen atoms in total. The fraction of sp³-hybridized carbons (Fsp3) is 0.367. The summed E-state index contributed by atoms with van der Waals surface area (Å²) in [6, 6.07) is 4.91. The first-order valence-corrected chi connectivity index (χ1v) is 14.1. The molecule has 0 unspecified atom stereocenters. The normalized spacial score (nSPS) is 13.8. The Labute approximate surface area is 255 Å². The van der Waals surface area contributed by atoms with Gasteiger partial charge in [0.25, 0.3) is 0 Å². The number of hydrogen-bond acceptors (Lipinski definition) is 10. The molecule has 234 valence electrons. The van der Waals surface area contributed by atoms with Gasteiger partial charge in [-0.3, -0.25) is 4.79 Å². The first-order chi connectivity index (χ1) is 21.3. The van der Waals surface area contributed by atoms with Crippen molar-refractivity contribution < 1.29 is 27.4 Å². The molecule has 4 heterocycles. The van der Waals surface area contributed by atoms with Gasteiger partial charge in [0.2, 0.25) is 5.88 Å². The molecule has 1 fully saturated rings. The Balaban J connectivity index is 1.32. The van der Waals surface area contributed by atoms with Crippen LogP contribution in [-0.2, 0) is 28.8 Å². The molecule has 1 aromatic carbocycles. The summed E-state index contributed by atoms with van der Waals surface area (Å²) in [7, 11) is 1.53. The number of ether oxygens (including phenoxy) is 2. The van der Waals surface area contributed by atoms with Crippen LogP contribution in [0.2, 0.25) is 0 Å². The van der Waals surface area contributed by atoms with E-state index in [-0.39, 0.29) is 23.6 Å². The highest BCUT2D eigenvalue weighted by Crippen LogP contribution is 2.45. The largest absolute Gasteiger partial charge is 0.480 e. The van der Waals surface area contributed by atoms with Gasteiger partial charge in [0, 0.05) is 29.6 Å². The second-order valence-corrected chi connectivity index (χ2v) is 11.8. The maximum absolute atomic E-state index is 13.6. The number of benzene rings is 1. The number of carbonyl (C=O) groups is 1. The summed E-state index contributed by atoms with van der Waals surface area (Å²) < 4.78 is 54.4. The van der Waals surface area contributed by atoms with Crippen LogP contribution in [0.5, 0.6) is 5.88 Å².